The Labute approximate surface area is 140 Å². The molecule has 0 radical (unpaired) electrons. The Hall–Kier alpha value is -2.16. The Morgan fingerprint density at radius 2 is 1.92 bits per heavy atom. The van der Waals surface area contributed by atoms with E-state index in [-0.39, 0.29) is 28.7 Å². The van der Waals surface area contributed by atoms with Crippen LogP contribution in [0.4, 0.5) is 11.4 Å². The molecule has 0 unspecified atom stereocenters. The third-order valence-corrected chi connectivity index (χ3v) is 5.07. The molecule has 1 N–H and O–H groups in total. The van der Waals surface area contributed by atoms with Crippen LogP contribution in [-0.4, -0.2) is 37.7 Å². The van der Waals surface area contributed by atoms with Gasteiger partial charge < -0.3 is 10.1 Å². The minimum atomic E-state index is -3.51. The molecule has 0 aliphatic heterocycles. The third-order valence-electron chi connectivity index (χ3n) is 3.96. The molecule has 0 atom stereocenters. The zero-order chi connectivity index (χ0) is 17.9. The van der Waals surface area contributed by atoms with Crippen molar-refractivity contribution in [1.82, 2.24) is 0 Å². The molecule has 0 amide bonds. The maximum absolute atomic E-state index is 11.5. The molecule has 0 bridgehead atoms. The highest BCUT2D eigenvalue weighted by Gasteiger charge is 2.25. The Bertz CT molecular complexity index is 738. The van der Waals surface area contributed by atoms with Gasteiger partial charge in [-0.05, 0) is 37.8 Å². The summed E-state index contributed by atoms with van der Waals surface area (Å²) in [6, 6.07) is 3.86. The number of anilines is 1. The van der Waals surface area contributed by atoms with Crippen molar-refractivity contribution in [2.45, 2.75) is 49.6 Å². The summed E-state index contributed by atoms with van der Waals surface area (Å²) in [7, 11) is -3.51. The standard InChI is InChI=1S/C15H20N2O6S/c1-10(18)23-12-5-3-11(4-6-12)16-14-8-7-13(24(2,21)22)9-15(14)17(19)20/h7-9,11-12,16H,3-6H2,1-2H3/t11-,12-. The van der Waals surface area contributed by atoms with Crippen LogP contribution in [0.3, 0.4) is 0 Å². The van der Waals surface area contributed by atoms with Crippen LogP contribution < -0.4 is 5.32 Å². The van der Waals surface area contributed by atoms with Gasteiger partial charge in [0.25, 0.3) is 5.69 Å². The number of hydrogen-bond donors (Lipinski definition) is 1. The van der Waals surface area contributed by atoms with Crippen molar-refractivity contribution >= 4 is 27.2 Å². The molecule has 9 heteroatoms. The number of sulfone groups is 1. The Kier molecular flexibility index (Phi) is 5.43. The number of nitrogens with one attached hydrogen (secondary N) is 1. The highest BCUT2D eigenvalue weighted by molar-refractivity contribution is 7.90. The average Bonchev–Trinajstić information content (AvgIpc) is 2.47. The van der Waals surface area contributed by atoms with E-state index in [9.17, 15) is 23.3 Å². The van der Waals surface area contributed by atoms with Gasteiger partial charge in [-0.2, -0.15) is 0 Å². The molecule has 2 rings (SSSR count). The fourth-order valence-electron chi connectivity index (χ4n) is 2.79. The van der Waals surface area contributed by atoms with Gasteiger partial charge in [-0.1, -0.05) is 0 Å². The lowest BCUT2D eigenvalue weighted by Crippen LogP contribution is -2.30. The first-order chi connectivity index (χ1) is 11.2. The molecule has 24 heavy (non-hydrogen) atoms. The molecule has 1 aliphatic rings. The molecule has 1 fully saturated rings. The summed E-state index contributed by atoms with van der Waals surface area (Å²) in [5.74, 6) is -0.307. The van der Waals surface area contributed by atoms with Crippen molar-refractivity contribution in [3.63, 3.8) is 0 Å². The van der Waals surface area contributed by atoms with Gasteiger partial charge in [0.1, 0.15) is 11.8 Å². The molecular formula is C15H20N2O6S. The van der Waals surface area contributed by atoms with E-state index in [2.05, 4.69) is 5.32 Å². The molecule has 8 nitrogen and oxygen atoms in total. The van der Waals surface area contributed by atoms with Crippen LogP contribution in [0.2, 0.25) is 0 Å². The lowest BCUT2D eigenvalue weighted by Gasteiger charge is -2.29. The molecule has 1 aromatic carbocycles. The molecule has 0 heterocycles. The van der Waals surface area contributed by atoms with Gasteiger partial charge >= 0.3 is 5.97 Å². The number of ether oxygens (including phenoxy) is 1. The average molecular weight is 356 g/mol. The van der Waals surface area contributed by atoms with Gasteiger partial charge in [-0.15, -0.1) is 0 Å². The minimum Gasteiger partial charge on any atom is -0.463 e. The second-order valence-corrected chi connectivity index (χ2v) is 7.95. The number of esters is 1. The number of nitro groups is 1. The number of nitro benzene ring substituents is 1. The van der Waals surface area contributed by atoms with Crippen LogP contribution in [0.25, 0.3) is 0 Å². The number of benzene rings is 1. The first-order valence-electron chi connectivity index (χ1n) is 7.59. The zero-order valence-electron chi connectivity index (χ0n) is 13.5. The first-order valence-corrected chi connectivity index (χ1v) is 9.48. The van der Waals surface area contributed by atoms with Gasteiger partial charge in [0.2, 0.25) is 0 Å². The highest BCUT2D eigenvalue weighted by atomic mass is 32.2. The second-order valence-electron chi connectivity index (χ2n) is 5.94. The summed E-state index contributed by atoms with van der Waals surface area (Å²) in [6.07, 6.45) is 3.70. The molecule has 0 spiro atoms. The minimum absolute atomic E-state index is 0.0135. The van der Waals surface area contributed by atoms with Gasteiger partial charge in [-0.3, -0.25) is 14.9 Å². The summed E-state index contributed by atoms with van der Waals surface area (Å²) in [4.78, 5) is 21.5. The molecule has 1 saturated carbocycles. The lowest BCUT2D eigenvalue weighted by atomic mass is 9.92. The van der Waals surface area contributed by atoms with Crippen molar-refractivity contribution < 1.29 is 22.9 Å². The van der Waals surface area contributed by atoms with E-state index in [1.165, 1.54) is 19.1 Å². The molecule has 1 aromatic rings. The number of carbonyl (C=O) groups excluding carboxylic acids is 1. The van der Waals surface area contributed by atoms with Crippen molar-refractivity contribution in [2.75, 3.05) is 11.6 Å². The second kappa shape index (κ2) is 7.16. The predicted molar refractivity (Wildman–Crippen MR) is 87.6 cm³/mol. The Morgan fingerprint density at radius 3 is 2.42 bits per heavy atom. The van der Waals surface area contributed by atoms with Gasteiger partial charge in [-0.25, -0.2) is 8.42 Å². The van der Waals surface area contributed by atoms with Crippen LogP contribution in [0.15, 0.2) is 23.1 Å². The maximum Gasteiger partial charge on any atom is 0.302 e. The van der Waals surface area contributed by atoms with E-state index in [1.54, 1.807) is 0 Å². The SMILES string of the molecule is CC(=O)O[C@H]1CC[C@H](Nc2ccc(S(C)(=O)=O)cc2[N+](=O)[O-])CC1. The molecule has 0 aromatic heterocycles. The first kappa shape index (κ1) is 18.2. The smallest absolute Gasteiger partial charge is 0.302 e. The summed E-state index contributed by atoms with van der Waals surface area (Å²) in [6.45, 7) is 1.37. The Balaban J connectivity index is 2.10. The molecule has 1 aliphatic carbocycles. The van der Waals surface area contributed by atoms with Gasteiger partial charge in [0.15, 0.2) is 9.84 Å². The van der Waals surface area contributed by atoms with Crippen molar-refractivity contribution in [2.24, 2.45) is 0 Å². The van der Waals surface area contributed by atoms with Crippen molar-refractivity contribution in [1.29, 1.82) is 0 Å². The fraction of sp³-hybridized carbons (Fsp3) is 0.533. The normalized spacial score (nSPS) is 21.1. The van der Waals surface area contributed by atoms with Crippen molar-refractivity contribution in [3.05, 3.63) is 28.3 Å². The van der Waals surface area contributed by atoms with Crippen LogP contribution in [0.5, 0.6) is 0 Å². The predicted octanol–water partition coefficient (Wildman–Crippen LogP) is 2.28. The van der Waals surface area contributed by atoms with Gasteiger partial charge in [0, 0.05) is 25.3 Å². The van der Waals surface area contributed by atoms with E-state index in [0.29, 0.717) is 31.4 Å². The monoisotopic (exact) mass is 356 g/mol. The quantitative estimate of drug-likeness (QED) is 0.489. The summed E-state index contributed by atoms with van der Waals surface area (Å²) in [5.41, 5.74) is 0.0309. The fourth-order valence-corrected chi connectivity index (χ4v) is 3.44. The number of nitrogens with zero attached hydrogens (tertiary/aromatic N) is 1. The highest BCUT2D eigenvalue weighted by Crippen LogP contribution is 2.31. The van der Waals surface area contributed by atoms with E-state index < -0.39 is 14.8 Å². The topological polar surface area (TPSA) is 116 Å². The van der Waals surface area contributed by atoms with Crippen LogP contribution in [0.1, 0.15) is 32.6 Å². The van der Waals surface area contributed by atoms with E-state index >= 15 is 0 Å². The largest absolute Gasteiger partial charge is 0.463 e. The molecule has 0 saturated heterocycles. The lowest BCUT2D eigenvalue weighted by molar-refractivity contribution is -0.384. The summed E-state index contributed by atoms with van der Waals surface area (Å²) < 4.78 is 28.3. The van der Waals surface area contributed by atoms with Crippen LogP contribution in [0, 0.1) is 10.1 Å². The molecular weight excluding hydrogens is 336 g/mol. The van der Waals surface area contributed by atoms with Crippen LogP contribution in [-0.2, 0) is 19.4 Å². The summed E-state index contributed by atoms with van der Waals surface area (Å²) in [5, 5.41) is 14.3. The summed E-state index contributed by atoms with van der Waals surface area (Å²) >= 11 is 0. The van der Waals surface area contributed by atoms with E-state index in [0.717, 1.165) is 12.3 Å². The number of hydrogen-bond acceptors (Lipinski definition) is 7. The number of carbonyl (C=O) groups is 1. The zero-order valence-corrected chi connectivity index (χ0v) is 14.3. The maximum atomic E-state index is 11.5. The molecule has 132 valence electrons. The van der Waals surface area contributed by atoms with Crippen LogP contribution >= 0.6 is 0 Å². The third kappa shape index (κ3) is 4.67. The van der Waals surface area contributed by atoms with E-state index in [1.807, 2.05) is 0 Å². The van der Waals surface area contributed by atoms with Gasteiger partial charge in [0.05, 0.1) is 9.82 Å². The number of rotatable bonds is 5. The van der Waals surface area contributed by atoms with E-state index in [4.69, 9.17) is 4.74 Å². The van der Waals surface area contributed by atoms with Crippen molar-refractivity contribution in [3.8, 4) is 0 Å². The Morgan fingerprint density at radius 1 is 1.29 bits per heavy atom.